The second-order valence-corrected chi connectivity index (χ2v) is 3.66. The molecule has 2 heterocycles. The summed E-state index contributed by atoms with van der Waals surface area (Å²) in [6.45, 7) is 2.08. The van der Waals surface area contributed by atoms with Gasteiger partial charge in [-0.25, -0.2) is 9.50 Å². The van der Waals surface area contributed by atoms with Gasteiger partial charge in [0.05, 0.1) is 0 Å². The molecule has 2 aromatic heterocycles. The van der Waals surface area contributed by atoms with E-state index < -0.39 is 0 Å². The molecule has 0 atom stereocenters. The van der Waals surface area contributed by atoms with Gasteiger partial charge in [0, 0.05) is 18.0 Å². The summed E-state index contributed by atoms with van der Waals surface area (Å²) in [6, 6.07) is 8.21. The first-order valence-corrected chi connectivity index (χ1v) is 5.06. The largest absolute Gasteiger partial charge is 0.252 e. The van der Waals surface area contributed by atoms with E-state index in [1.54, 1.807) is 4.52 Å². The molecule has 0 radical (unpaired) electrons. The van der Waals surface area contributed by atoms with Crippen molar-refractivity contribution in [2.75, 3.05) is 0 Å². The Morgan fingerprint density at radius 3 is 2.88 bits per heavy atom. The van der Waals surface area contributed by atoms with Crippen LogP contribution in [0.25, 0.3) is 16.9 Å². The molecule has 3 rings (SSSR count). The van der Waals surface area contributed by atoms with Crippen LogP contribution >= 0.6 is 0 Å². The molecule has 4 nitrogen and oxygen atoms in total. The number of hydrogen-bond donors (Lipinski definition) is 0. The van der Waals surface area contributed by atoms with Crippen molar-refractivity contribution in [1.29, 1.82) is 0 Å². The number of aryl methyl sites for hydroxylation is 1. The Morgan fingerprint density at radius 1 is 1.12 bits per heavy atom. The van der Waals surface area contributed by atoms with E-state index in [-0.39, 0.29) is 0 Å². The predicted molar refractivity (Wildman–Crippen MR) is 61.0 cm³/mol. The average molecular weight is 210 g/mol. The number of nitrogens with zero attached hydrogens (tertiary/aromatic N) is 4. The lowest BCUT2D eigenvalue weighted by atomic mass is 10.0. The first-order valence-electron chi connectivity index (χ1n) is 5.06. The van der Waals surface area contributed by atoms with Gasteiger partial charge in [-0.05, 0) is 18.1 Å². The van der Waals surface area contributed by atoms with E-state index >= 15 is 0 Å². The Bertz CT molecular complexity index is 642. The maximum atomic E-state index is 4.25. The van der Waals surface area contributed by atoms with Crippen LogP contribution in [0.2, 0.25) is 0 Å². The summed E-state index contributed by atoms with van der Waals surface area (Å²) >= 11 is 0. The highest BCUT2D eigenvalue weighted by Crippen LogP contribution is 2.21. The third-order valence-corrected chi connectivity index (χ3v) is 2.59. The van der Waals surface area contributed by atoms with Crippen LogP contribution in [-0.4, -0.2) is 19.6 Å². The zero-order valence-electron chi connectivity index (χ0n) is 8.83. The minimum atomic E-state index is 0.623. The van der Waals surface area contributed by atoms with Crippen molar-refractivity contribution in [2.45, 2.75) is 6.92 Å². The van der Waals surface area contributed by atoms with Crippen molar-refractivity contribution >= 4 is 5.78 Å². The second kappa shape index (κ2) is 3.41. The maximum absolute atomic E-state index is 4.25. The third-order valence-electron chi connectivity index (χ3n) is 2.59. The molecule has 0 bridgehead atoms. The molecule has 0 spiro atoms. The summed E-state index contributed by atoms with van der Waals surface area (Å²) < 4.78 is 1.68. The highest BCUT2D eigenvalue weighted by atomic mass is 15.3. The van der Waals surface area contributed by atoms with Gasteiger partial charge in [0.1, 0.15) is 6.33 Å². The van der Waals surface area contributed by atoms with Crippen molar-refractivity contribution in [2.24, 2.45) is 0 Å². The molecule has 0 saturated heterocycles. The molecule has 0 aliphatic heterocycles. The van der Waals surface area contributed by atoms with E-state index in [0.717, 1.165) is 5.56 Å². The molecule has 0 aliphatic rings. The molecule has 0 unspecified atom stereocenters. The standard InChI is InChI=1S/C12H10N4/c1-9-4-2-3-5-11(9)10-6-13-12-14-8-15-16(12)7-10/h2-8H,1H3. The van der Waals surface area contributed by atoms with Gasteiger partial charge in [0.25, 0.3) is 5.78 Å². The van der Waals surface area contributed by atoms with E-state index in [0.29, 0.717) is 5.78 Å². The molecule has 0 amide bonds. The summed E-state index contributed by atoms with van der Waals surface area (Å²) in [6.07, 6.45) is 5.27. The molecular weight excluding hydrogens is 200 g/mol. The molecule has 0 N–H and O–H groups in total. The molecule has 0 saturated carbocycles. The van der Waals surface area contributed by atoms with Gasteiger partial charge in [-0.15, -0.1) is 0 Å². The molecule has 0 aliphatic carbocycles. The fraction of sp³-hybridized carbons (Fsp3) is 0.0833. The number of rotatable bonds is 1. The third kappa shape index (κ3) is 1.35. The van der Waals surface area contributed by atoms with Crippen molar-refractivity contribution in [1.82, 2.24) is 19.6 Å². The monoisotopic (exact) mass is 210 g/mol. The minimum absolute atomic E-state index is 0.623. The topological polar surface area (TPSA) is 43.1 Å². The van der Waals surface area contributed by atoms with Crippen LogP contribution in [0.5, 0.6) is 0 Å². The zero-order valence-corrected chi connectivity index (χ0v) is 8.83. The van der Waals surface area contributed by atoms with Gasteiger partial charge in [0.2, 0.25) is 0 Å². The van der Waals surface area contributed by atoms with Gasteiger partial charge in [-0.3, -0.25) is 0 Å². The van der Waals surface area contributed by atoms with Crippen LogP contribution in [0.3, 0.4) is 0 Å². The van der Waals surface area contributed by atoms with E-state index in [9.17, 15) is 0 Å². The summed E-state index contributed by atoms with van der Waals surface area (Å²) in [5.41, 5.74) is 3.45. The average Bonchev–Trinajstić information content (AvgIpc) is 2.76. The Kier molecular flexibility index (Phi) is 1.93. The smallest absolute Gasteiger partial charge is 0.219 e. The van der Waals surface area contributed by atoms with Gasteiger partial charge in [0.15, 0.2) is 0 Å². The molecule has 3 aromatic rings. The number of benzene rings is 1. The molecule has 1 aromatic carbocycles. The van der Waals surface area contributed by atoms with Gasteiger partial charge in [-0.1, -0.05) is 24.3 Å². The van der Waals surface area contributed by atoms with Crippen molar-refractivity contribution < 1.29 is 0 Å². The van der Waals surface area contributed by atoms with Crippen molar-refractivity contribution in [3.8, 4) is 11.1 Å². The molecule has 0 fully saturated rings. The summed E-state index contributed by atoms with van der Waals surface area (Å²) in [5, 5.41) is 4.08. The number of fused-ring (bicyclic) bond motifs is 1. The maximum Gasteiger partial charge on any atom is 0.252 e. The van der Waals surface area contributed by atoms with Gasteiger partial charge in [-0.2, -0.15) is 10.1 Å². The molecule has 78 valence electrons. The van der Waals surface area contributed by atoms with Crippen LogP contribution in [0, 0.1) is 6.92 Å². The van der Waals surface area contributed by atoms with Crippen LogP contribution in [0.1, 0.15) is 5.56 Å². The highest BCUT2D eigenvalue weighted by Gasteiger charge is 2.03. The first-order chi connectivity index (χ1) is 7.84. The van der Waals surface area contributed by atoms with Crippen LogP contribution in [-0.2, 0) is 0 Å². The lowest BCUT2D eigenvalue weighted by molar-refractivity contribution is 0.941. The SMILES string of the molecule is Cc1ccccc1-c1cnc2ncnn2c1. The fourth-order valence-corrected chi connectivity index (χ4v) is 1.76. The lowest BCUT2D eigenvalue weighted by Crippen LogP contribution is -1.92. The first kappa shape index (κ1) is 9.03. The van der Waals surface area contributed by atoms with E-state index in [1.807, 2.05) is 24.5 Å². The number of hydrogen-bond acceptors (Lipinski definition) is 3. The highest BCUT2D eigenvalue weighted by molar-refractivity contribution is 5.65. The Morgan fingerprint density at radius 2 is 2.00 bits per heavy atom. The van der Waals surface area contributed by atoms with Crippen molar-refractivity contribution in [3.05, 3.63) is 48.5 Å². The quantitative estimate of drug-likeness (QED) is 0.617. The summed E-state index contributed by atoms with van der Waals surface area (Å²) in [7, 11) is 0. The summed E-state index contributed by atoms with van der Waals surface area (Å²) in [4.78, 5) is 8.26. The molecule has 4 heteroatoms. The minimum Gasteiger partial charge on any atom is -0.219 e. The summed E-state index contributed by atoms with van der Waals surface area (Å²) in [5.74, 6) is 0.623. The van der Waals surface area contributed by atoms with E-state index in [2.05, 4.69) is 34.1 Å². The normalized spacial score (nSPS) is 10.8. The lowest BCUT2D eigenvalue weighted by Gasteiger charge is -2.04. The van der Waals surface area contributed by atoms with E-state index in [4.69, 9.17) is 0 Å². The van der Waals surface area contributed by atoms with Crippen LogP contribution < -0.4 is 0 Å². The molecular formula is C12H10N4. The second-order valence-electron chi connectivity index (χ2n) is 3.66. The Hall–Kier alpha value is -2.23. The Balaban J connectivity index is 2.22. The Labute approximate surface area is 92.6 Å². The van der Waals surface area contributed by atoms with Crippen LogP contribution in [0.4, 0.5) is 0 Å². The fourth-order valence-electron chi connectivity index (χ4n) is 1.76. The number of aromatic nitrogens is 4. The van der Waals surface area contributed by atoms with Crippen LogP contribution in [0.15, 0.2) is 43.0 Å². The van der Waals surface area contributed by atoms with Gasteiger partial charge < -0.3 is 0 Å². The molecule has 16 heavy (non-hydrogen) atoms. The zero-order chi connectivity index (χ0) is 11.0. The van der Waals surface area contributed by atoms with E-state index in [1.165, 1.54) is 17.5 Å². The van der Waals surface area contributed by atoms with Crippen molar-refractivity contribution in [3.63, 3.8) is 0 Å². The van der Waals surface area contributed by atoms with Gasteiger partial charge >= 0.3 is 0 Å². The predicted octanol–water partition coefficient (Wildman–Crippen LogP) is 2.10.